The molecule has 10 heteroatoms. The molecule has 1 aliphatic heterocycles. The van der Waals surface area contributed by atoms with Crippen molar-refractivity contribution in [1.29, 1.82) is 0 Å². The average molecular weight is 773 g/mol. The Bertz CT molecular complexity index is 1320. The van der Waals surface area contributed by atoms with Crippen LogP contribution in [0.25, 0.3) is 11.0 Å². The van der Waals surface area contributed by atoms with Crippen molar-refractivity contribution in [2.45, 2.75) is 110 Å². The molecule has 256 valence electrons. The van der Waals surface area contributed by atoms with Gasteiger partial charge < -0.3 is 24.3 Å². The SMILES string of the molecule is C1CCOC1.CC(C)(C)[Si](C)(C)OCCCc1ccccc1N.CC(C)(C)[Si](C)(C)OCCn1c(=O)[nH]c2ccccc21.[2H]CI. The first kappa shape index (κ1) is 39.7. The summed E-state index contributed by atoms with van der Waals surface area (Å²) in [4.78, 5) is 15.3. The van der Waals surface area contributed by atoms with Crippen molar-refractivity contribution in [2.24, 2.45) is 0 Å². The molecule has 45 heavy (non-hydrogen) atoms. The summed E-state index contributed by atoms with van der Waals surface area (Å²) in [5.41, 5.74) is 9.81. The molecule has 1 aliphatic rings. The van der Waals surface area contributed by atoms with Crippen LogP contribution in [0, 0.1) is 0 Å². The number of nitrogens with two attached hydrogens (primary N) is 1. The molecule has 0 aliphatic carbocycles. The minimum Gasteiger partial charge on any atom is -0.417 e. The Morgan fingerprint density at radius 3 is 1.93 bits per heavy atom. The molecule has 3 aromatic rings. The van der Waals surface area contributed by atoms with E-state index in [1.807, 2.05) is 65.1 Å². The van der Waals surface area contributed by atoms with E-state index in [-0.39, 0.29) is 10.7 Å². The number of aromatic amines is 1. The van der Waals surface area contributed by atoms with Gasteiger partial charge in [0.1, 0.15) is 0 Å². The summed E-state index contributed by atoms with van der Waals surface area (Å²) in [7, 11) is -3.34. The van der Waals surface area contributed by atoms with Gasteiger partial charge in [0.25, 0.3) is 0 Å². The van der Waals surface area contributed by atoms with Crippen molar-refractivity contribution in [3.05, 3.63) is 64.6 Å². The third kappa shape index (κ3) is 14.1. The van der Waals surface area contributed by atoms with Crippen molar-refractivity contribution in [3.8, 4) is 0 Å². The fourth-order valence-electron chi connectivity index (χ4n) is 4.02. The normalized spacial score (nSPS) is 14.0. The zero-order chi connectivity index (χ0) is 35.0. The second kappa shape index (κ2) is 19.4. The van der Waals surface area contributed by atoms with Crippen LogP contribution < -0.4 is 11.4 Å². The number of hydrogen-bond acceptors (Lipinski definition) is 5. The second-order valence-electron chi connectivity index (χ2n) is 14.4. The highest BCUT2D eigenvalue weighted by molar-refractivity contribution is 14.1. The van der Waals surface area contributed by atoms with Gasteiger partial charge in [-0.25, -0.2) is 4.79 Å². The maximum absolute atomic E-state index is 12.0. The van der Waals surface area contributed by atoms with Crippen LogP contribution >= 0.6 is 22.6 Å². The number of anilines is 1. The summed E-state index contributed by atoms with van der Waals surface area (Å²) in [6.45, 7) is 26.5. The van der Waals surface area contributed by atoms with Gasteiger partial charge >= 0.3 is 5.69 Å². The third-order valence-corrected chi connectivity index (χ3v) is 18.1. The first-order valence-corrected chi connectivity index (χ1v) is 23.4. The number of rotatable bonds is 9. The fraction of sp³-hybridized carbons (Fsp3) is 0.629. The number of para-hydroxylation sites is 3. The van der Waals surface area contributed by atoms with Crippen LogP contribution in [0.1, 0.15) is 67.7 Å². The minimum atomic E-state index is -1.75. The third-order valence-electron chi connectivity index (χ3n) is 9.01. The first-order valence-electron chi connectivity index (χ1n) is 16.8. The lowest BCUT2D eigenvalue weighted by molar-refractivity contribution is 0.198. The van der Waals surface area contributed by atoms with Crippen LogP contribution in [-0.4, -0.2) is 57.5 Å². The molecule has 7 nitrogen and oxygen atoms in total. The second-order valence-corrected chi connectivity index (χ2v) is 24.1. The first-order chi connectivity index (χ1) is 21.4. The predicted molar refractivity (Wildman–Crippen MR) is 208 cm³/mol. The molecule has 0 amide bonds. The molecule has 1 saturated heterocycles. The quantitative estimate of drug-likeness (QED) is 0.0744. The number of nitrogen functional groups attached to an aromatic ring is 1. The number of fused-ring (bicyclic) bond motifs is 1. The van der Waals surface area contributed by atoms with Crippen LogP contribution in [0.5, 0.6) is 0 Å². The maximum atomic E-state index is 12.0. The number of nitrogens with one attached hydrogen (secondary N) is 1. The molecule has 1 fully saturated rings. The molecular weight excluding hydrogens is 709 g/mol. The number of benzene rings is 2. The molecule has 0 radical (unpaired) electrons. The molecule has 3 N–H and O–H groups in total. The van der Waals surface area contributed by atoms with Gasteiger partial charge in [0.15, 0.2) is 16.6 Å². The summed E-state index contributed by atoms with van der Waals surface area (Å²) in [5.74, 6) is 0. The highest BCUT2D eigenvalue weighted by atomic mass is 127. The zero-order valence-corrected chi connectivity index (χ0v) is 33.9. The molecule has 0 saturated carbocycles. The van der Waals surface area contributed by atoms with Crippen LogP contribution in [0.3, 0.4) is 0 Å². The van der Waals surface area contributed by atoms with E-state index >= 15 is 0 Å². The number of halogens is 1. The van der Waals surface area contributed by atoms with Gasteiger partial charge in [-0.2, -0.15) is 0 Å². The monoisotopic (exact) mass is 772 g/mol. The van der Waals surface area contributed by atoms with Gasteiger partial charge in [0.05, 0.1) is 17.6 Å². The molecule has 2 aromatic carbocycles. The number of imidazole rings is 1. The standard InChI is InChI=1S/C15H24N2O2Si.C15H27NOSi.C4H8O.CH3I/c1-15(2,3)20(4,5)19-11-10-17-13-9-7-6-8-12(13)16-14(17)18;1-15(2,3)18(4,5)17-12-8-10-13-9-6-7-11-14(13)16;1-2-4-5-3-1;1-2/h6-9H,10-11H2,1-5H3,(H,16,18);6-7,9,11H,8,10,12,16H2,1-5H3;1-4H2;1H3/i;;;1D. The van der Waals surface area contributed by atoms with Crippen LogP contribution in [0.4, 0.5) is 5.69 Å². The molecule has 0 unspecified atom stereocenters. The van der Waals surface area contributed by atoms with Gasteiger partial charge in [-0.15, -0.1) is 0 Å². The number of nitrogens with zero attached hydrogens (tertiary/aromatic N) is 1. The summed E-state index contributed by atoms with van der Waals surface area (Å²) in [6.07, 6.45) is 4.60. The Kier molecular flexibility index (Phi) is 17.1. The summed E-state index contributed by atoms with van der Waals surface area (Å²) < 4.78 is 25.2. The van der Waals surface area contributed by atoms with E-state index in [1.165, 1.54) is 18.4 Å². The molecule has 1 aromatic heterocycles. The van der Waals surface area contributed by atoms with E-state index in [4.69, 9.17) is 20.7 Å². The zero-order valence-electron chi connectivity index (χ0n) is 30.7. The van der Waals surface area contributed by atoms with Crippen molar-refractivity contribution in [3.63, 3.8) is 0 Å². The predicted octanol–water partition coefficient (Wildman–Crippen LogP) is 9.42. The van der Waals surface area contributed by atoms with E-state index in [2.05, 4.69) is 78.8 Å². The number of hydrogen-bond donors (Lipinski definition) is 2. The van der Waals surface area contributed by atoms with Crippen LogP contribution in [0.15, 0.2) is 53.3 Å². The highest BCUT2D eigenvalue weighted by Gasteiger charge is 2.37. The Morgan fingerprint density at radius 1 is 0.911 bits per heavy atom. The maximum Gasteiger partial charge on any atom is 0.326 e. The topological polar surface area (TPSA) is 91.5 Å². The Morgan fingerprint density at radius 2 is 1.42 bits per heavy atom. The van der Waals surface area contributed by atoms with E-state index in [1.54, 1.807) is 4.57 Å². The summed E-state index contributed by atoms with van der Waals surface area (Å²) in [6, 6.07) is 15.8. The average Bonchev–Trinajstić information content (AvgIpc) is 3.64. The summed E-state index contributed by atoms with van der Waals surface area (Å²) in [5, 5.41) is 0.483. The van der Waals surface area contributed by atoms with E-state index in [0.717, 1.165) is 49.4 Å². The van der Waals surface area contributed by atoms with Gasteiger partial charge in [-0.1, -0.05) is 94.5 Å². The largest absolute Gasteiger partial charge is 0.417 e. The minimum absolute atomic E-state index is 0.0648. The fourth-order valence-corrected chi connectivity index (χ4v) is 6.14. The van der Waals surface area contributed by atoms with Gasteiger partial charge in [0, 0.05) is 33.4 Å². The number of H-pyrrole nitrogens is 1. The van der Waals surface area contributed by atoms with Crippen LogP contribution in [-0.2, 0) is 26.6 Å². The molecule has 0 spiro atoms. The van der Waals surface area contributed by atoms with Gasteiger partial charge in [-0.05, 0) is 90.6 Å². The molecular formula is C35H62IN3O4Si2. The Balaban J connectivity index is 0.000000372. The van der Waals surface area contributed by atoms with Crippen LogP contribution in [0.2, 0.25) is 36.3 Å². The lowest BCUT2D eigenvalue weighted by Crippen LogP contribution is -2.41. The molecule has 0 bridgehead atoms. The lowest BCUT2D eigenvalue weighted by atomic mass is 10.1. The number of ether oxygens (including phenoxy) is 1. The molecule has 0 atom stereocenters. The highest BCUT2D eigenvalue weighted by Crippen LogP contribution is 2.37. The number of aromatic nitrogens is 2. The lowest BCUT2D eigenvalue weighted by Gasteiger charge is -2.36. The van der Waals surface area contributed by atoms with E-state index < -0.39 is 16.6 Å². The smallest absolute Gasteiger partial charge is 0.326 e. The molecule has 4 rings (SSSR count). The van der Waals surface area contributed by atoms with Crippen molar-refractivity contribution < 1.29 is 15.0 Å². The number of alkyl halides is 1. The van der Waals surface area contributed by atoms with Crippen molar-refractivity contribution in [2.75, 3.05) is 37.1 Å². The van der Waals surface area contributed by atoms with Crippen molar-refractivity contribution in [1.82, 2.24) is 9.55 Å². The number of aryl methyl sites for hydroxylation is 1. The Hall–Kier alpha value is -1.45. The van der Waals surface area contributed by atoms with Crippen molar-refractivity contribution >= 4 is 55.9 Å². The van der Waals surface area contributed by atoms with Gasteiger partial charge in [-0.3, -0.25) is 4.57 Å². The van der Waals surface area contributed by atoms with E-state index in [0.29, 0.717) is 23.1 Å². The van der Waals surface area contributed by atoms with E-state index in [9.17, 15) is 4.79 Å². The van der Waals surface area contributed by atoms with Gasteiger partial charge in [0.2, 0.25) is 0 Å². The summed E-state index contributed by atoms with van der Waals surface area (Å²) >= 11 is 1.96. The Labute approximate surface area is 290 Å². The molecule has 2 heterocycles.